The zero-order chi connectivity index (χ0) is 7.98. The van der Waals surface area contributed by atoms with E-state index >= 15 is 0 Å². The van der Waals surface area contributed by atoms with Gasteiger partial charge >= 0.3 is 6.03 Å². The zero-order valence-corrected chi connectivity index (χ0v) is 7.11. The standard InChI is InChI=1S/C6H13ClN2O/c1-9(2)6(10)8-5-3-4-7/h3-5H2,1-2H3,(H,8,10). The molecule has 0 saturated carbocycles. The van der Waals surface area contributed by atoms with Crippen LogP contribution in [-0.2, 0) is 0 Å². The van der Waals surface area contributed by atoms with Crippen molar-refractivity contribution in [1.29, 1.82) is 0 Å². The van der Waals surface area contributed by atoms with Crippen LogP contribution < -0.4 is 5.32 Å². The molecular weight excluding hydrogens is 152 g/mol. The van der Waals surface area contributed by atoms with E-state index in [1.54, 1.807) is 14.1 Å². The second-order valence-corrected chi connectivity index (χ2v) is 2.55. The first kappa shape index (κ1) is 9.56. The van der Waals surface area contributed by atoms with Gasteiger partial charge in [0.05, 0.1) is 0 Å². The summed E-state index contributed by atoms with van der Waals surface area (Å²) < 4.78 is 0. The van der Waals surface area contributed by atoms with Crippen LogP contribution in [0.3, 0.4) is 0 Å². The Hall–Kier alpha value is -0.440. The normalized spacial score (nSPS) is 9.10. The van der Waals surface area contributed by atoms with Gasteiger partial charge in [0.1, 0.15) is 0 Å². The quantitative estimate of drug-likeness (QED) is 0.488. The molecule has 0 unspecified atom stereocenters. The third-order valence-electron chi connectivity index (χ3n) is 0.993. The Kier molecular flexibility index (Phi) is 5.12. The predicted octanol–water partition coefficient (Wildman–Crippen LogP) is 0.887. The molecule has 0 aliphatic heterocycles. The Balaban J connectivity index is 3.22. The van der Waals surface area contributed by atoms with Gasteiger partial charge in [-0.3, -0.25) is 0 Å². The van der Waals surface area contributed by atoms with Crippen molar-refractivity contribution in [2.24, 2.45) is 0 Å². The monoisotopic (exact) mass is 164 g/mol. The van der Waals surface area contributed by atoms with Crippen LogP contribution >= 0.6 is 11.6 Å². The van der Waals surface area contributed by atoms with E-state index < -0.39 is 0 Å². The third-order valence-corrected chi connectivity index (χ3v) is 1.26. The molecule has 0 aromatic carbocycles. The Morgan fingerprint density at radius 3 is 2.60 bits per heavy atom. The van der Waals surface area contributed by atoms with Gasteiger partial charge in [-0.1, -0.05) is 0 Å². The highest BCUT2D eigenvalue weighted by molar-refractivity contribution is 6.17. The number of alkyl halides is 1. The number of halogens is 1. The lowest BCUT2D eigenvalue weighted by Crippen LogP contribution is -2.35. The molecule has 4 heteroatoms. The molecule has 0 spiro atoms. The van der Waals surface area contributed by atoms with Crippen LogP contribution in [0.2, 0.25) is 0 Å². The van der Waals surface area contributed by atoms with Gasteiger partial charge in [0.15, 0.2) is 0 Å². The van der Waals surface area contributed by atoms with Gasteiger partial charge in [-0.2, -0.15) is 0 Å². The van der Waals surface area contributed by atoms with Crippen molar-refractivity contribution in [3.8, 4) is 0 Å². The third kappa shape index (κ3) is 4.44. The number of carbonyl (C=O) groups is 1. The first-order chi connectivity index (χ1) is 4.68. The van der Waals surface area contributed by atoms with Crippen LogP contribution in [0.15, 0.2) is 0 Å². The zero-order valence-electron chi connectivity index (χ0n) is 6.35. The lowest BCUT2D eigenvalue weighted by Gasteiger charge is -2.10. The smallest absolute Gasteiger partial charge is 0.316 e. The molecule has 0 bridgehead atoms. The number of nitrogens with zero attached hydrogens (tertiary/aromatic N) is 1. The van der Waals surface area contributed by atoms with Crippen LogP contribution in [-0.4, -0.2) is 37.5 Å². The molecule has 0 atom stereocenters. The average Bonchev–Trinajstić information content (AvgIpc) is 1.88. The molecule has 0 aliphatic rings. The van der Waals surface area contributed by atoms with Crippen molar-refractivity contribution >= 4 is 17.6 Å². The molecule has 0 aliphatic carbocycles. The van der Waals surface area contributed by atoms with E-state index in [-0.39, 0.29) is 6.03 Å². The maximum Gasteiger partial charge on any atom is 0.316 e. The Morgan fingerprint density at radius 2 is 2.20 bits per heavy atom. The van der Waals surface area contributed by atoms with Crippen LogP contribution in [0.1, 0.15) is 6.42 Å². The van der Waals surface area contributed by atoms with Gasteiger partial charge in [-0.25, -0.2) is 4.79 Å². The van der Waals surface area contributed by atoms with Gasteiger partial charge in [0.2, 0.25) is 0 Å². The van der Waals surface area contributed by atoms with E-state index in [0.29, 0.717) is 12.4 Å². The molecule has 0 heterocycles. The minimum absolute atomic E-state index is 0.0647. The molecule has 10 heavy (non-hydrogen) atoms. The topological polar surface area (TPSA) is 32.3 Å². The highest BCUT2D eigenvalue weighted by Crippen LogP contribution is 1.82. The lowest BCUT2D eigenvalue weighted by atomic mass is 10.5. The first-order valence-electron chi connectivity index (χ1n) is 3.19. The fourth-order valence-electron chi connectivity index (χ4n) is 0.420. The maximum atomic E-state index is 10.8. The van der Waals surface area contributed by atoms with Crippen LogP contribution in [0.25, 0.3) is 0 Å². The molecule has 0 rings (SSSR count). The minimum Gasteiger partial charge on any atom is -0.338 e. The summed E-state index contributed by atoms with van der Waals surface area (Å²) in [5.74, 6) is 0.591. The summed E-state index contributed by atoms with van der Waals surface area (Å²) in [7, 11) is 3.41. The average molecular weight is 165 g/mol. The molecule has 0 aromatic heterocycles. The molecule has 0 aromatic rings. The fraction of sp³-hybridized carbons (Fsp3) is 0.833. The summed E-state index contributed by atoms with van der Waals surface area (Å²) >= 11 is 5.40. The number of hydrogen-bond acceptors (Lipinski definition) is 1. The summed E-state index contributed by atoms with van der Waals surface area (Å²) in [6, 6.07) is -0.0647. The fourth-order valence-corrected chi connectivity index (χ4v) is 0.554. The van der Waals surface area contributed by atoms with Crippen LogP contribution in [0.4, 0.5) is 4.79 Å². The van der Waals surface area contributed by atoms with E-state index in [2.05, 4.69) is 5.32 Å². The summed E-state index contributed by atoms with van der Waals surface area (Å²) in [5.41, 5.74) is 0. The Bertz CT molecular complexity index is 106. The molecular formula is C6H13ClN2O. The van der Waals surface area contributed by atoms with E-state index in [1.165, 1.54) is 4.90 Å². The van der Waals surface area contributed by atoms with Gasteiger partial charge in [-0.05, 0) is 6.42 Å². The molecule has 0 radical (unpaired) electrons. The highest BCUT2D eigenvalue weighted by Gasteiger charge is 1.99. The van der Waals surface area contributed by atoms with Crippen LogP contribution in [0.5, 0.6) is 0 Å². The maximum absolute atomic E-state index is 10.8. The summed E-state index contributed by atoms with van der Waals surface area (Å²) in [5, 5.41) is 2.69. The molecule has 60 valence electrons. The number of amides is 2. The summed E-state index contributed by atoms with van der Waals surface area (Å²) in [4.78, 5) is 12.3. The molecule has 0 fully saturated rings. The highest BCUT2D eigenvalue weighted by atomic mass is 35.5. The van der Waals surface area contributed by atoms with Crippen molar-refractivity contribution in [2.45, 2.75) is 6.42 Å². The Labute approximate surface area is 66.3 Å². The van der Waals surface area contributed by atoms with Crippen molar-refractivity contribution in [3.05, 3.63) is 0 Å². The van der Waals surface area contributed by atoms with Crippen LogP contribution in [0, 0.1) is 0 Å². The van der Waals surface area contributed by atoms with E-state index in [9.17, 15) is 4.79 Å². The Morgan fingerprint density at radius 1 is 1.60 bits per heavy atom. The van der Waals surface area contributed by atoms with Gasteiger partial charge in [0.25, 0.3) is 0 Å². The van der Waals surface area contributed by atoms with Crippen molar-refractivity contribution in [1.82, 2.24) is 10.2 Å². The number of urea groups is 1. The van der Waals surface area contributed by atoms with E-state index in [0.717, 1.165) is 6.42 Å². The molecule has 1 N–H and O–H groups in total. The van der Waals surface area contributed by atoms with Gasteiger partial charge in [0, 0.05) is 26.5 Å². The first-order valence-corrected chi connectivity index (χ1v) is 3.73. The number of nitrogens with one attached hydrogen (secondary N) is 1. The van der Waals surface area contributed by atoms with E-state index in [1.807, 2.05) is 0 Å². The van der Waals surface area contributed by atoms with Crippen molar-refractivity contribution in [2.75, 3.05) is 26.5 Å². The SMILES string of the molecule is CN(C)C(=O)NCCCCl. The number of carbonyl (C=O) groups excluding carboxylic acids is 1. The van der Waals surface area contributed by atoms with Crippen molar-refractivity contribution in [3.63, 3.8) is 0 Å². The lowest BCUT2D eigenvalue weighted by molar-refractivity contribution is 0.217. The van der Waals surface area contributed by atoms with Crippen molar-refractivity contribution < 1.29 is 4.79 Å². The number of rotatable bonds is 3. The largest absolute Gasteiger partial charge is 0.338 e. The summed E-state index contributed by atoms with van der Waals surface area (Å²) in [6.07, 6.45) is 0.821. The molecule has 2 amide bonds. The second kappa shape index (κ2) is 5.35. The van der Waals surface area contributed by atoms with E-state index in [4.69, 9.17) is 11.6 Å². The molecule has 3 nitrogen and oxygen atoms in total. The summed E-state index contributed by atoms with van der Waals surface area (Å²) in [6.45, 7) is 0.653. The molecule has 0 saturated heterocycles. The van der Waals surface area contributed by atoms with Gasteiger partial charge in [-0.15, -0.1) is 11.6 Å². The predicted molar refractivity (Wildman–Crippen MR) is 42.4 cm³/mol. The second-order valence-electron chi connectivity index (χ2n) is 2.17. The van der Waals surface area contributed by atoms with Gasteiger partial charge < -0.3 is 10.2 Å². The number of hydrogen-bond donors (Lipinski definition) is 1. The minimum atomic E-state index is -0.0647.